The maximum Gasteiger partial charge on any atom is 0.270 e. The van der Waals surface area contributed by atoms with Crippen molar-refractivity contribution in [3.8, 4) is 0 Å². The molecule has 0 aromatic heterocycles. The van der Waals surface area contributed by atoms with Gasteiger partial charge in [-0.15, -0.1) is 0 Å². The zero-order valence-electron chi connectivity index (χ0n) is 10.9. The third-order valence-corrected chi connectivity index (χ3v) is 4.53. The highest BCUT2D eigenvalue weighted by atomic mass is 32.2. The summed E-state index contributed by atoms with van der Waals surface area (Å²) in [7, 11) is 0. The second kappa shape index (κ2) is 6.65. The summed E-state index contributed by atoms with van der Waals surface area (Å²) in [5, 5.41) is 10.4. The number of thioether (sulfide) groups is 1. The molecule has 20 heavy (non-hydrogen) atoms. The minimum atomic E-state index is -0.649. The molecule has 2 rings (SSSR count). The van der Waals surface area contributed by atoms with Gasteiger partial charge in [0.05, 0.1) is 4.92 Å². The van der Waals surface area contributed by atoms with E-state index in [2.05, 4.69) is 0 Å². The van der Waals surface area contributed by atoms with Crippen molar-refractivity contribution in [2.45, 2.75) is 37.4 Å². The standard InChI is InChI=1S/C14H15NO4S/c16-13(10-5-4-6-11(9-10)15(18)19)14(17)20-12-7-2-1-3-8-12/h4-6,9,12H,1-3,7-8H2. The SMILES string of the molecule is O=C(SC1CCCCC1)C(=O)c1cccc([N+](=O)[O-])c1. The lowest BCUT2D eigenvalue weighted by Crippen LogP contribution is -2.17. The van der Waals surface area contributed by atoms with Gasteiger partial charge in [0.15, 0.2) is 0 Å². The minimum absolute atomic E-state index is 0.0903. The van der Waals surface area contributed by atoms with E-state index in [0.29, 0.717) is 0 Å². The second-order valence-electron chi connectivity index (χ2n) is 4.80. The van der Waals surface area contributed by atoms with Gasteiger partial charge >= 0.3 is 0 Å². The molecule has 106 valence electrons. The zero-order valence-corrected chi connectivity index (χ0v) is 11.7. The molecule has 1 aromatic carbocycles. The van der Waals surface area contributed by atoms with Crippen LogP contribution in [-0.4, -0.2) is 21.1 Å². The molecular weight excluding hydrogens is 278 g/mol. The van der Waals surface area contributed by atoms with Gasteiger partial charge in [0.25, 0.3) is 10.8 Å². The van der Waals surface area contributed by atoms with Gasteiger partial charge in [0.1, 0.15) is 0 Å². The number of nitro benzene ring substituents is 1. The first kappa shape index (κ1) is 14.7. The summed E-state index contributed by atoms with van der Waals surface area (Å²) >= 11 is 1.08. The van der Waals surface area contributed by atoms with E-state index in [9.17, 15) is 19.7 Å². The molecule has 5 nitrogen and oxygen atoms in total. The Hall–Kier alpha value is -1.69. The van der Waals surface area contributed by atoms with Crippen molar-refractivity contribution in [1.29, 1.82) is 0 Å². The van der Waals surface area contributed by atoms with Crippen LogP contribution in [0.15, 0.2) is 24.3 Å². The lowest BCUT2D eigenvalue weighted by atomic mass is 10.0. The largest absolute Gasteiger partial charge is 0.284 e. The highest BCUT2D eigenvalue weighted by molar-refractivity contribution is 8.16. The van der Waals surface area contributed by atoms with Crippen LogP contribution in [0, 0.1) is 10.1 Å². The Morgan fingerprint density at radius 3 is 2.55 bits per heavy atom. The Kier molecular flexibility index (Phi) is 4.89. The number of non-ortho nitro benzene ring substituents is 1. The van der Waals surface area contributed by atoms with Crippen LogP contribution < -0.4 is 0 Å². The monoisotopic (exact) mass is 293 g/mol. The Balaban J connectivity index is 2.04. The zero-order chi connectivity index (χ0) is 14.5. The second-order valence-corrected chi connectivity index (χ2v) is 6.08. The third kappa shape index (κ3) is 3.66. The number of nitro groups is 1. The summed E-state index contributed by atoms with van der Waals surface area (Å²) in [6, 6.07) is 5.32. The summed E-state index contributed by atoms with van der Waals surface area (Å²) in [5.41, 5.74) is -0.0844. The number of Topliss-reactive ketones (excluding diaryl/α,β-unsaturated/α-hetero) is 1. The van der Waals surface area contributed by atoms with Gasteiger partial charge in [-0.2, -0.15) is 0 Å². The molecule has 0 spiro atoms. The average molecular weight is 293 g/mol. The lowest BCUT2D eigenvalue weighted by molar-refractivity contribution is -0.384. The molecule has 1 aliphatic rings. The van der Waals surface area contributed by atoms with Gasteiger partial charge in [0.2, 0.25) is 5.78 Å². The minimum Gasteiger partial charge on any atom is -0.284 e. The molecule has 0 radical (unpaired) electrons. The quantitative estimate of drug-likeness (QED) is 0.368. The van der Waals surface area contributed by atoms with Gasteiger partial charge in [-0.3, -0.25) is 19.7 Å². The van der Waals surface area contributed by atoms with E-state index < -0.39 is 15.8 Å². The van der Waals surface area contributed by atoms with Crippen LogP contribution in [0.2, 0.25) is 0 Å². The number of carbonyl (C=O) groups excluding carboxylic acids is 2. The highest BCUT2D eigenvalue weighted by Gasteiger charge is 2.24. The van der Waals surface area contributed by atoms with Crippen LogP contribution in [0.3, 0.4) is 0 Å². The maximum absolute atomic E-state index is 12.0. The van der Waals surface area contributed by atoms with Gasteiger partial charge < -0.3 is 0 Å². The van der Waals surface area contributed by atoms with Crippen molar-refractivity contribution >= 4 is 28.3 Å². The molecule has 1 aromatic rings. The number of rotatable bonds is 4. The number of ketones is 1. The van der Waals surface area contributed by atoms with E-state index in [1.807, 2.05) is 0 Å². The Bertz CT molecular complexity index is 538. The molecule has 0 heterocycles. The molecule has 1 fully saturated rings. The molecule has 0 N–H and O–H groups in total. The number of benzene rings is 1. The smallest absolute Gasteiger partial charge is 0.270 e. The molecule has 0 unspecified atom stereocenters. The highest BCUT2D eigenvalue weighted by Crippen LogP contribution is 2.29. The lowest BCUT2D eigenvalue weighted by Gasteiger charge is -2.19. The molecule has 0 atom stereocenters. The summed E-state index contributed by atoms with van der Waals surface area (Å²) in [6.45, 7) is 0. The fraction of sp³-hybridized carbons (Fsp3) is 0.429. The van der Waals surface area contributed by atoms with Gasteiger partial charge in [-0.05, 0) is 12.8 Å². The average Bonchev–Trinajstić information content (AvgIpc) is 2.47. The molecule has 1 aliphatic carbocycles. The van der Waals surface area contributed by atoms with Gasteiger partial charge in [-0.25, -0.2) is 0 Å². The van der Waals surface area contributed by atoms with E-state index in [1.165, 1.54) is 24.6 Å². The summed E-state index contributed by atoms with van der Waals surface area (Å²) in [6.07, 6.45) is 5.28. The third-order valence-electron chi connectivity index (χ3n) is 3.33. The van der Waals surface area contributed by atoms with Crippen molar-refractivity contribution in [2.24, 2.45) is 0 Å². The van der Waals surface area contributed by atoms with E-state index in [4.69, 9.17) is 0 Å². The van der Waals surface area contributed by atoms with Crippen LogP contribution >= 0.6 is 11.8 Å². The first-order chi connectivity index (χ1) is 9.58. The predicted octanol–water partition coefficient (Wildman–Crippen LogP) is 3.37. The van der Waals surface area contributed by atoms with Crippen LogP contribution in [0.5, 0.6) is 0 Å². The maximum atomic E-state index is 12.0. The van der Waals surface area contributed by atoms with Crippen molar-refractivity contribution in [3.05, 3.63) is 39.9 Å². The molecule has 6 heteroatoms. The number of carbonyl (C=O) groups is 2. The first-order valence-electron chi connectivity index (χ1n) is 6.57. The summed E-state index contributed by atoms with van der Waals surface area (Å²) < 4.78 is 0. The predicted molar refractivity (Wildman–Crippen MR) is 76.9 cm³/mol. The normalized spacial score (nSPS) is 15.8. The van der Waals surface area contributed by atoms with E-state index >= 15 is 0 Å². The summed E-state index contributed by atoms with van der Waals surface area (Å²) in [4.78, 5) is 34.0. The van der Waals surface area contributed by atoms with Crippen LogP contribution in [0.4, 0.5) is 5.69 Å². The van der Waals surface area contributed by atoms with Crippen LogP contribution in [0.1, 0.15) is 42.5 Å². The van der Waals surface area contributed by atoms with Crippen molar-refractivity contribution < 1.29 is 14.5 Å². The van der Waals surface area contributed by atoms with Gasteiger partial charge in [0, 0.05) is 22.9 Å². The molecular formula is C14H15NO4S. The van der Waals surface area contributed by atoms with Crippen molar-refractivity contribution in [2.75, 3.05) is 0 Å². The van der Waals surface area contributed by atoms with Crippen LogP contribution in [0.25, 0.3) is 0 Å². The molecule has 0 aliphatic heterocycles. The molecule has 1 saturated carbocycles. The van der Waals surface area contributed by atoms with Crippen molar-refractivity contribution in [3.63, 3.8) is 0 Å². The Labute approximate surface area is 120 Å². The Morgan fingerprint density at radius 1 is 1.20 bits per heavy atom. The van der Waals surface area contributed by atoms with Gasteiger partial charge in [-0.1, -0.05) is 43.2 Å². The Morgan fingerprint density at radius 2 is 1.90 bits per heavy atom. The number of nitrogens with zero attached hydrogens (tertiary/aromatic N) is 1. The molecule has 0 saturated heterocycles. The topological polar surface area (TPSA) is 77.3 Å². The van der Waals surface area contributed by atoms with Crippen molar-refractivity contribution in [1.82, 2.24) is 0 Å². The first-order valence-corrected chi connectivity index (χ1v) is 7.45. The fourth-order valence-electron chi connectivity index (χ4n) is 2.27. The number of hydrogen-bond acceptors (Lipinski definition) is 5. The van der Waals surface area contributed by atoms with E-state index in [1.54, 1.807) is 0 Å². The molecule has 0 bridgehead atoms. The molecule has 0 amide bonds. The van der Waals surface area contributed by atoms with E-state index in [0.717, 1.165) is 43.5 Å². The van der Waals surface area contributed by atoms with Crippen LogP contribution in [-0.2, 0) is 4.79 Å². The fourth-order valence-corrected chi connectivity index (χ4v) is 3.36. The summed E-state index contributed by atoms with van der Waals surface area (Å²) in [5.74, 6) is -0.649. The van der Waals surface area contributed by atoms with E-state index in [-0.39, 0.29) is 16.5 Å². The number of hydrogen-bond donors (Lipinski definition) is 0.